The number of nitrogens with zero attached hydrogens (tertiary/aromatic N) is 1. The Morgan fingerprint density at radius 1 is 1.16 bits per heavy atom. The third kappa shape index (κ3) is 6.63. The Hall–Kier alpha value is -2.26. The molecule has 0 bridgehead atoms. The van der Waals surface area contributed by atoms with E-state index in [-0.39, 0.29) is 36.2 Å². The van der Waals surface area contributed by atoms with Gasteiger partial charge in [0.25, 0.3) is 5.91 Å². The summed E-state index contributed by atoms with van der Waals surface area (Å²) in [6.45, 7) is 5.53. The third-order valence-electron chi connectivity index (χ3n) is 2.82. The summed E-state index contributed by atoms with van der Waals surface area (Å²) in [5.74, 6) is -0.771. The number of carbonyl (C=O) groups is 3. The Morgan fingerprint density at radius 2 is 1.92 bits per heavy atom. The summed E-state index contributed by atoms with van der Waals surface area (Å²) in [6, 6.07) is 3.53. The zero-order valence-electron chi connectivity index (χ0n) is 14.2. The zero-order valence-corrected chi connectivity index (χ0v) is 15.8. The predicted octanol–water partition coefficient (Wildman–Crippen LogP) is 2.03. The van der Waals surface area contributed by atoms with Crippen LogP contribution in [0.1, 0.15) is 36.1 Å². The predicted molar refractivity (Wildman–Crippen MR) is 99.0 cm³/mol. The van der Waals surface area contributed by atoms with E-state index < -0.39 is 0 Å². The second-order valence-electron chi connectivity index (χ2n) is 6.33. The van der Waals surface area contributed by atoms with Gasteiger partial charge in [-0.3, -0.25) is 19.7 Å². The molecule has 2 aromatic rings. The minimum atomic E-state index is -0.341. The molecule has 0 unspecified atom stereocenters. The van der Waals surface area contributed by atoms with Crippen molar-refractivity contribution in [2.45, 2.75) is 32.7 Å². The summed E-state index contributed by atoms with van der Waals surface area (Å²) in [5.41, 5.74) is 0.201. The number of amides is 3. The first-order chi connectivity index (χ1) is 11.7. The van der Waals surface area contributed by atoms with Crippen LogP contribution >= 0.6 is 22.7 Å². The second kappa shape index (κ2) is 8.21. The largest absolute Gasteiger partial charge is 0.350 e. The minimum Gasteiger partial charge on any atom is -0.350 e. The topological polar surface area (TPSA) is 100 Å². The van der Waals surface area contributed by atoms with Crippen molar-refractivity contribution in [3.05, 3.63) is 33.5 Å². The molecule has 9 heteroatoms. The molecule has 3 amide bonds. The quantitative estimate of drug-likeness (QED) is 0.714. The highest BCUT2D eigenvalue weighted by Crippen LogP contribution is 2.18. The van der Waals surface area contributed by atoms with Crippen LogP contribution in [0.25, 0.3) is 0 Å². The van der Waals surface area contributed by atoms with Crippen LogP contribution in [0.5, 0.6) is 0 Å². The summed E-state index contributed by atoms with van der Waals surface area (Å²) >= 11 is 2.60. The van der Waals surface area contributed by atoms with Gasteiger partial charge in [-0.2, -0.15) is 0 Å². The second-order valence-corrected chi connectivity index (χ2v) is 8.13. The van der Waals surface area contributed by atoms with Crippen LogP contribution in [0.3, 0.4) is 0 Å². The number of anilines is 1. The molecule has 0 aliphatic rings. The van der Waals surface area contributed by atoms with Gasteiger partial charge in [0, 0.05) is 10.9 Å². The van der Waals surface area contributed by atoms with E-state index >= 15 is 0 Å². The normalized spacial score (nSPS) is 11.0. The van der Waals surface area contributed by atoms with Gasteiger partial charge in [-0.1, -0.05) is 6.07 Å². The molecule has 7 nitrogen and oxygen atoms in total. The van der Waals surface area contributed by atoms with Crippen LogP contribution in [0, 0.1) is 0 Å². The summed E-state index contributed by atoms with van der Waals surface area (Å²) in [6.07, 6.45) is 0.0498. The van der Waals surface area contributed by atoms with Crippen molar-refractivity contribution >= 4 is 45.5 Å². The first-order valence-electron chi connectivity index (χ1n) is 7.60. The lowest BCUT2D eigenvalue weighted by atomic mass is 10.1. The Bertz CT molecular complexity index is 748. The standard InChI is InChI=1S/C16H20N4O3S2/c1-16(2,3)20-13(22)8-17-12(21)7-10-9-25-15(18-10)19-14(23)11-5-4-6-24-11/h4-6,9H,7-8H2,1-3H3,(H,17,21)(H,20,22)(H,18,19,23). The lowest BCUT2D eigenvalue weighted by molar-refractivity contribution is -0.126. The Kier molecular flexibility index (Phi) is 6.27. The van der Waals surface area contributed by atoms with Crippen LogP contribution in [0.2, 0.25) is 0 Å². The summed E-state index contributed by atoms with van der Waals surface area (Å²) in [7, 11) is 0. The fourth-order valence-corrected chi connectivity index (χ4v) is 3.20. The number of thiazole rings is 1. The lowest BCUT2D eigenvalue weighted by Crippen LogP contribution is -2.46. The third-order valence-corrected chi connectivity index (χ3v) is 4.49. The van der Waals surface area contributed by atoms with Crippen molar-refractivity contribution in [3.63, 3.8) is 0 Å². The molecule has 0 aliphatic heterocycles. The highest BCUT2D eigenvalue weighted by atomic mass is 32.1. The molecule has 25 heavy (non-hydrogen) atoms. The van der Waals surface area contributed by atoms with Crippen LogP contribution in [-0.4, -0.2) is 34.8 Å². The van der Waals surface area contributed by atoms with Crippen LogP contribution in [-0.2, 0) is 16.0 Å². The minimum absolute atomic E-state index is 0.0498. The van der Waals surface area contributed by atoms with Crippen LogP contribution < -0.4 is 16.0 Å². The molecule has 2 heterocycles. The molecule has 0 spiro atoms. The van der Waals surface area contributed by atoms with Gasteiger partial charge in [-0.05, 0) is 32.2 Å². The van der Waals surface area contributed by atoms with Gasteiger partial charge in [0.1, 0.15) is 0 Å². The Labute approximate surface area is 153 Å². The average Bonchev–Trinajstić information content (AvgIpc) is 3.15. The fraction of sp³-hybridized carbons (Fsp3) is 0.375. The van der Waals surface area contributed by atoms with Gasteiger partial charge in [0.05, 0.1) is 23.5 Å². The maximum atomic E-state index is 11.9. The van der Waals surface area contributed by atoms with Gasteiger partial charge in [-0.15, -0.1) is 22.7 Å². The van der Waals surface area contributed by atoms with Crippen molar-refractivity contribution in [2.24, 2.45) is 0 Å². The maximum absolute atomic E-state index is 11.9. The van der Waals surface area contributed by atoms with Gasteiger partial charge in [-0.25, -0.2) is 4.98 Å². The van der Waals surface area contributed by atoms with Crippen LogP contribution in [0.4, 0.5) is 5.13 Å². The average molecular weight is 380 g/mol. The van der Waals surface area contributed by atoms with Crippen molar-refractivity contribution in [3.8, 4) is 0 Å². The van der Waals surface area contributed by atoms with Crippen LogP contribution in [0.15, 0.2) is 22.9 Å². The van der Waals surface area contributed by atoms with Crippen molar-refractivity contribution in [2.75, 3.05) is 11.9 Å². The monoisotopic (exact) mass is 380 g/mol. The van der Waals surface area contributed by atoms with E-state index in [0.717, 1.165) is 0 Å². The van der Waals surface area contributed by atoms with Gasteiger partial charge < -0.3 is 10.6 Å². The molecule has 0 saturated carbocycles. The maximum Gasteiger partial charge on any atom is 0.267 e. The number of nitrogens with one attached hydrogen (secondary N) is 3. The molecule has 3 N–H and O–H groups in total. The summed E-state index contributed by atoms with van der Waals surface area (Å²) in [5, 5.41) is 12.0. The van der Waals surface area contributed by atoms with Gasteiger partial charge >= 0.3 is 0 Å². The fourth-order valence-electron chi connectivity index (χ4n) is 1.88. The van der Waals surface area contributed by atoms with E-state index in [4.69, 9.17) is 0 Å². The molecule has 0 atom stereocenters. The Morgan fingerprint density at radius 3 is 2.56 bits per heavy atom. The molecule has 0 saturated heterocycles. The van der Waals surface area contributed by atoms with E-state index in [1.165, 1.54) is 22.7 Å². The highest BCUT2D eigenvalue weighted by molar-refractivity contribution is 7.14. The number of hydrogen-bond acceptors (Lipinski definition) is 6. The Balaban J connectivity index is 1.79. The first kappa shape index (κ1) is 19.1. The van der Waals surface area contributed by atoms with E-state index in [1.807, 2.05) is 26.2 Å². The number of carbonyl (C=O) groups excluding carboxylic acids is 3. The molecular formula is C16H20N4O3S2. The molecule has 0 radical (unpaired) electrons. The molecule has 134 valence electrons. The molecule has 0 aromatic carbocycles. The van der Waals surface area contributed by atoms with Crippen molar-refractivity contribution < 1.29 is 14.4 Å². The van der Waals surface area contributed by atoms with Gasteiger partial charge in [0.2, 0.25) is 11.8 Å². The molecule has 2 rings (SSSR count). The number of aromatic nitrogens is 1. The lowest BCUT2D eigenvalue weighted by Gasteiger charge is -2.20. The number of hydrogen-bond donors (Lipinski definition) is 3. The zero-order chi connectivity index (χ0) is 18.4. The molecule has 2 aromatic heterocycles. The van der Waals surface area contributed by atoms with Crippen molar-refractivity contribution in [1.29, 1.82) is 0 Å². The number of thiophene rings is 1. The van der Waals surface area contributed by atoms with E-state index in [1.54, 1.807) is 17.5 Å². The van der Waals surface area contributed by atoms with E-state index in [0.29, 0.717) is 15.7 Å². The SMILES string of the molecule is CC(C)(C)NC(=O)CNC(=O)Cc1csc(NC(=O)c2cccs2)n1. The smallest absolute Gasteiger partial charge is 0.267 e. The van der Waals surface area contributed by atoms with E-state index in [2.05, 4.69) is 20.9 Å². The summed E-state index contributed by atoms with van der Waals surface area (Å²) < 4.78 is 0. The molecular weight excluding hydrogens is 360 g/mol. The highest BCUT2D eigenvalue weighted by Gasteiger charge is 2.15. The number of rotatable bonds is 6. The van der Waals surface area contributed by atoms with Gasteiger partial charge in [0.15, 0.2) is 5.13 Å². The molecule has 0 aliphatic carbocycles. The van der Waals surface area contributed by atoms with E-state index in [9.17, 15) is 14.4 Å². The van der Waals surface area contributed by atoms with Crippen molar-refractivity contribution in [1.82, 2.24) is 15.6 Å². The summed E-state index contributed by atoms with van der Waals surface area (Å²) in [4.78, 5) is 40.3. The molecule has 0 fully saturated rings. The first-order valence-corrected chi connectivity index (χ1v) is 9.36.